The van der Waals surface area contributed by atoms with Gasteiger partial charge in [0.1, 0.15) is 34.3 Å². The fourth-order valence-corrected chi connectivity index (χ4v) is 4.40. The van der Waals surface area contributed by atoms with E-state index in [2.05, 4.69) is 25.6 Å². The number of pyridine rings is 1. The van der Waals surface area contributed by atoms with Gasteiger partial charge in [-0.3, -0.25) is 0 Å². The van der Waals surface area contributed by atoms with Crippen molar-refractivity contribution in [2.24, 2.45) is 0 Å². The number of nitrogens with two attached hydrogens (primary N) is 1. The Hall–Kier alpha value is -3.41. The Morgan fingerprint density at radius 2 is 1.97 bits per heavy atom. The molecule has 0 amide bonds. The van der Waals surface area contributed by atoms with E-state index >= 15 is 4.39 Å². The van der Waals surface area contributed by atoms with E-state index in [4.69, 9.17) is 15.2 Å². The first-order valence-electron chi connectivity index (χ1n) is 10.6. The average molecular weight is 478 g/mol. The van der Waals surface area contributed by atoms with Crippen molar-refractivity contribution >= 4 is 22.4 Å². The SMILES string of the molecule is COc1nc2c3c(nc(-c4cc(N)c(F)c(C)c4C(F)F)c(F)c3n1)O[C@H](C)C1(C)NC1CN2. The predicted octanol–water partition coefficient (Wildman–Crippen LogP) is 3.73. The number of rotatable bonds is 3. The van der Waals surface area contributed by atoms with Crippen LogP contribution in [0, 0.1) is 18.6 Å². The summed E-state index contributed by atoms with van der Waals surface area (Å²) in [5.41, 5.74) is 2.72. The third-order valence-electron chi connectivity index (χ3n) is 6.70. The van der Waals surface area contributed by atoms with Crippen LogP contribution < -0.4 is 25.8 Å². The second-order valence-electron chi connectivity index (χ2n) is 8.65. The first-order chi connectivity index (χ1) is 16.1. The molecule has 2 unspecified atom stereocenters. The Morgan fingerprint density at radius 1 is 1.24 bits per heavy atom. The molecule has 0 spiro atoms. The standard InChI is InChI=1S/C22H22F4N6O2/c1-7-12(18(25)26)9(5-10(27)14(7)23)16-15(24)17-13-19(31-21(30-17)33-4)28-6-11-22(3,32-11)8(2)34-20(13)29-16/h5,8,11,18,32H,6,27H2,1-4H3,(H,28,30,31)/t8-,11?,22?/m1/s1. The lowest BCUT2D eigenvalue weighted by Crippen LogP contribution is -2.34. The second kappa shape index (κ2) is 7.55. The number of nitrogens with one attached hydrogen (secondary N) is 2. The largest absolute Gasteiger partial charge is 0.472 e. The second-order valence-corrected chi connectivity index (χ2v) is 8.65. The molecule has 0 aliphatic carbocycles. The molecule has 1 aromatic carbocycles. The summed E-state index contributed by atoms with van der Waals surface area (Å²) in [6, 6.07) is 0.853. The Kier molecular flexibility index (Phi) is 4.97. The van der Waals surface area contributed by atoms with Crippen molar-refractivity contribution in [2.75, 3.05) is 24.7 Å². The van der Waals surface area contributed by atoms with Crippen LogP contribution in [-0.2, 0) is 0 Å². The van der Waals surface area contributed by atoms with E-state index in [-0.39, 0.29) is 45.8 Å². The van der Waals surface area contributed by atoms with Crippen molar-refractivity contribution in [3.8, 4) is 23.1 Å². The molecule has 1 saturated heterocycles. The number of alkyl halides is 2. The molecule has 0 radical (unpaired) electrons. The van der Waals surface area contributed by atoms with Gasteiger partial charge in [0.25, 0.3) is 6.43 Å². The molecule has 12 heteroatoms. The average Bonchev–Trinajstić information content (AvgIpc) is 3.47. The molecule has 4 N–H and O–H groups in total. The quantitative estimate of drug-likeness (QED) is 0.296. The molecule has 34 heavy (non-hydrogen) atoms. The Balaban J connectivity index is 1.84. The van der Waals surface area contributed by atoms with Gasteiger partial charge in [-0.1, -0.05) is 0 Å². The highest BCUT2D eigenvalue weighted by Gasteiger charge is 2.55. The zero-order valence-corrected chi connectivity index (χ0v) is 18.8. The van der Waals surface area contributed by atoms with Gasteiger partial charge >= 0.3 is 6.01 Å². The van der Waals surface area contributed by atoms with E-state index in [1.165, 1.54) is 7.11 Å². The highest BCUT2D eigenvalue weighted by molar-refractivity contribution is 5.97. The molecular weight excluding hydrogens is 456 g/mol. The van der Waals surface area contributed by atoms with E-state index in [1.807, 2.05) is 13.8 Å². The van der Waals surface area contributed by atoms with Crippen LogP contribution >= 0.6 is 0 Å². The molecule has 1 fully saturated rings. The zero-order valence-electron chi connectivity index (χ0n) is 18.8. The van der Waals surface area contributed by atoms with E-state index in [0.717, 1.165) is 13.0 Å². The number of hydrogen-bond acceptors (Lipinski definition) is 8. The Morgan fingerprint density at radius 3 is 2.65 bits per heavy atom. The maximum Gasteiger partial charge on any atom is 0.318 e. The topological polar surface area (TPSA) is 117 Å². The lowest BCUT2D eigenvalue weighted by molar-refractivity contribution is 0.150. The molecular formula is C22H22F4N6O2. The van der Waals surface area contributed by atoms with Crippen LogP contribution in [0.25, 0.3) is 22.2 Å². The van der Waals surface area contributed by atoms with E-state index < -0.39 is 46.6 Å². The molecule has 3 atom stereocenters. The minimum atomic E-state index is -3.11. The molecule has 4 heterocycles. The maximum absolute atomic E-state index is 15.9. The van der Waals surface area contributed by atoms with Crippen molar-refractivity contribution in [3.63, 3.8) is 0 Å². The van der Waals surface area contributed by atoms with Gasteiger partial charge in [-0.05, 0) is 32.4 Å². The van der Waals surface area contributed by atoms with Crippen molar-refractivity contribution in [2.45, 2.75) is 44.9 Å². The maximum atomic E-state index is 15.9. The van der Waals surface area contributed by atoms with Gasteiger partial charge in [0.2, 0.25) is 5.88 Å². The van der Waals surface area contributed by atoms with Gasteiger partial charge < -0.3 is 25.8 Å². The van der Waals surface area contributed by atoms with E-state index in [1.54, 1.807) is 0 Å². The third kappa shape index (κ3) is 3.19. The van der Waals surface area contributed by atoms with Crippen LogP contribution in [0.1, 0.15) is 31.4 Å². The predicted molar refractivity (Wildman–Crippen MR) is 117 cm³/mol. The fourth-order valence-electron chi connectivity index (χ4n) is 4.40. The number of anilines is 2. The lowest BCUT2D eigenvalue weighted by Gasteiger charge is -2.22. The van der Waals surface area contributed by atoms with Gasteiger partial charge in [-0.2, -0.15) is 9.97 Å². The number of hydrogen-bond donors (Lipinski definition) is 3. The van der Waals surface area contributed by atoms with Crippen LogP contribution in [0.3, 0.4) is 0 Å². The molecule has 2 aromatic heterocycles. The van der Waals surface area contributed by atoms with Crippen LogP contribution in [0.2, 0.25) is 0 Å². The minimum Gasteiger partial charge on any atom is -0.472 e. The summed E-state index contributed by atoms with van der Waals surface area (Å²) >= 11 is 0. The normalized spacial score (nSPS) is 23.4. The smallest absolute Gasteiger partial charge is 0.318 e. The van der Waals surface area contributed by atoms with Crippen molar-refractivity contribution in [3.05, 3.63) is 28.8 Å². The fraction of sp³-hybridized carbons (Fsp3) is 0.409. The minimum absolute atomic E-state index is 0.0436. The highest BCUT2D eigenvalue weighted by atomic mass is 19.3. The van der Waals surface area contributed by atoms with E-state index in [9.17, 15) is 13.2 Å². The number of halogens is 4. The summed E-state index contributed by atoms with van der Waals surface area (Å²) in [5.74, 6) is -1.84. The molecule has 3 aromatic rings. The molecule has 8 nitrogen and oxygen atoms in total. The summed E-state index contributed by atoms with van der Waals surface area (Å²) in [6.45, 7) is 5.41. The summed E-state index contributed by atoms with van der Waals surface area (Å²) in [7, 11) is 1.32. The number of fused-ring (bicyclic) bond motifs is 1. The lowest BCUT2D eigenvalue weighted by atomic mass is 9.96. The molecule has 180 valence electrons. The van der Waals surface area contributed by atoms with Gasteiger partial charge in [0.15, 0.2) is 5.82 Å². The molecule has 5 rings (SSSR count). The third-order valence-corrected chi connectivity index (χ3v) is 6.70. The van der Waals surface area contributed by atoms with Gasteiger partial charge in [0.05, 0.1) is 18.3 Å². The first-order valence-corrected chi connectivity index (χ1v) is 10.6. The number of aromatic nitrogens is 3. The van der Waals surface area contributed by atoms with Gasteiger partial charge in [-0.25, -0.2) is 22.5 Å². The first kappa shape index (κ1) is 22.4. The number of benzene rings is 1. The molecule has 2 aliphatic heterocycles. The van der Waals surface area contributed by atoms with Crippen LogP contribution in [0.5, 0.6) is 11.9 Å². The number of nitrogens with zero attached hydrogens (tertiary/aromatic N) is 3. The number of methoxy groups -OCH3 is 1. The molecule has 0 bridgehead atoms. The highest BCUT2D eigenvalue weighted by Crippen LogP contribution is 2.44. The number of nitrogen functional groups attached to an aromatic ring is 1. The summed E-state index contributed by atoms with van der Waals surface area (Å²) in [5, 5.41) is 6.63. The number of ether oxygens (including phenoxy) is 2. The van der Waals surface area contributed by atoms with Gasteiger partial charge in [0, 0.05) is 23.7 Å². The summed E-state index contributed by atoms with van der Waals surface area (Å²) in [6.07, 6.45) is -3.53. The summed E-state index contributed by atoms with van der Waals surface area (Å²) in [4.78, 5) is 12.7. The van der Waals surface area contributed by atoms with Crippen molar-refractivity contribution in [1.29, 1.82) is 0 Å². The Bertz CT molecular complexity index is 1340. The summed E-state index contributed by atoms with van der Waals surface area (Å²) < 4.78 is 69.5. The van der Waals surface area contributed by atoms with Crippen molar-refractivity contribution in [1.82, 2.24) is 20.3 Å². The van der Waals surface area contributed by atoms with Gasteiger partial charge in [-0.15, -0.1) is 0 Å². The van der Waals surface area contributed by atoms with Crippen LogP contribution in [-0.4, -0.2) is 46.3 Å². The Labute approximate surface area is 191 Å². The monoisotopic (exact) mass is 478 g/mol. The van der Waals surface area contributed by atoms with Crippen LogP contribution in [0.4, 0.5) is 29.1 Å². The molecule has 0 saturated carbocycles. The van der Waals surface area contributed by atoms with Crippen molar-refractivity contribution < 1.29 is 27.0 Å². The molecule has 2 aliphatic rings. The van der Waals surface area contributed by atoms with Crippen LogP contribution in [0.15, 0.2) is 6.07 Å². The van der Waals surface area contributed by atoms with E-state index in [0.29, 0.717) is 6.54 Å². The zero-order chi connectivity index (χ0) is 24.5.